The molecule has 0 unspecified atom stereocenters. The van der Waals surface area contributed by atoms with Gasteiger partial charge in [0.15, 0.2) is 0 Å². The van der Waals surface area contributed by atoms with E-state index < -0.39 is 0 Å². The summed E-state index contributed by atoms with van der Waals surface area (Å²) in [6.07, 6.45) is 3.36. The van der Waals surface area contributed by atoms with Crippen LogP contribution >= 0.6 is 0 Å². The lowest BCUT2D eigenvalue weighted by Gasteiger charge is -2.33. The Hall–Kier alpha value is -3.33. The van der Waals surface area contributed by atoms with Crippen LogP contribution in [0.4, 0.5) is 5.82 Å². The number of hydrogen-bond donors (Lipinski definition) is 2. The topological polar surface area (TPSA) is 84.8 Å². The molecule has 4 rings (SSSR count). The SMILES string of the molecule is Cc1ccc2[nH]c(C(=O)NC3CCN(c4ncccc4C#N)CC3)cc2c1. The highest BCUT2D eigenvalue weighted by Gasteiger charge is 2.23. The third-order valence-electron chi connectivity index (χ3n) is 5.06. The molecule has 2 aromatic heterocycles. The van der Waals surface area contributed by atoms with Gasteiger partial charge in [-0.25, -0.2) is 4.98 Å². The van der Waals surface area contributed by atoms with Crippen molar-refractivity contribution in [1.29, 1.82) is 5.26 Å². The summed E-state index contributed by atoms with van der Waals surface area (Å²) in [6.45, 7) is 3.57. The predicted octanol–water partition coefficient (Wildman–Crippen LogP) is 3.14. The van der Waals surface area contributed by atoms with Crippen LogP contribution in [0.3, 0.4) is 0 Å². The molecule has 136 valence electrons. The molecule has 1 amide bonds. The summed E-state index contributed by atoms with van der Waals surface area (Å²) in [5, 5.41) is 13.4. The highest BCUT2D eigenvalue weighted by molar-refractivity contribution is 5.98. The Labute approximate surface area is 157 Å². The van der Waals surface area contributed by atoms with Gasteiger partial charge >= 0.3 is 0 Å². The molecule has 2 N–H and O–H groups in total. The van der Waals surface area contributed by atoms with Crippen molar-refractivity contribution in [3.63, 3.8) is 0 Å². The van der Waals surface area contributed by atoms with Gasteiger partial charge in [-0.05, 0) is 50.1 Å². The summed E-state index contributed by atoms with van der Waals surface area (Å²) in [5.41, 5.74) is 3.33. The number of carbonyl (C=O) groups is 1. The molecule has 0 radical (unpaired) electrons. The number of H-pyrrole nitrogens is 1. The number of rotatable bonds is 3. The maximum Gasteiger partial charge on any atom is 0.267 e. The average Bonchev–Trinajstić information content (AvgIpc) is 3.12. The first kappa shape index (κ1) is 17.1. The molecule has 0 aliphatic carbocycles. The van der Waals surface area contributed by atoms with E-state index in [-0.39, 0.29) is 11.9 Å². The van der Waals surface area contributed by atoms with Crippen molar-refractivity contribution in [1.82, 2.24) is 15.3 Å². The molecule has 1 aromatic carbocycles. The van der Waals surface area contributed by atoms with Gasteiger partial charge in [0.25, 0.3) is 5.91 Å². The lowest BCUT2D eigenvalue weighted by atomic mass is 10.0. The van der Waals surface area contributed by atoms with E-state index in [9.17, 15) is 10.1 Å². The lowest BCUT2D eigenvalue weighted by Crippen LogP contribution is -2.45. The summed E-state index contributed by atoms with van der Waals surface area (Å²) >= 11 is 0. The zero-order chi connectivity index (χ0) is 18.8. The quantitative estimate of drug-likeness (QED) is 0.752. The number of benzene rings is 1. The third kappa shape index (κ3) is 3.49. The van der Waals surface area contributed by atoms with Crippen LogP contribution in [0, 0.1) is 18.3 Å². The standard InChI is InChI=1S/C21H21N5O/c1-14-4-5-18-16(11-14)12-19(25-18)21(27)24-17-6-9-26(10-7-17)20-15(13-22)3-2-8-23-20/h2-5,8,11-12,17,25H,6-7,9-10H2,1H3,(H,24,27). The summed E-state index contributed by atoms with van der Waals surface area (Å²) in [7, 11) is 0. The number of pyridine rings is 1. The second-order valence-electron chi connectivity index (χ2n) is 6.99. The van der Waals surface area contributed by atoms with Crippen LogP contribution < -0.4 is 10.2 Å². The summed E-state index contributed by atoms with van der Waals surface area (Å²) in [6, 6.07) is 13.9. The molecule has 6 heteroatoms. The molecular formula is C21H21N5O. The summed E-state index contributed by atoms with van der Waals surface area (Å²) < 4.78 is 0. The monoisotopic (exact) mass is 359 g/mol. The molecule has 0 spiro atoms. The second kappa shape index (κ2) is 7.12. The minimum Gasteiger partial charge on any atom is -0.355 e. The number of aryl methyl sites for hydroxylation is 1. The summed E-state index contributed by atoms with van der Waals surface area (Å²) in [4.78, 5) is 22.3. The number of nitrogens with one attached hydrogen (secondary N) is 2. The predicted molar refractivity (Wildman–Crippen MR) is 105 cm³/mol. The first-order chi connectivity index (χ1) is 13.1. The Balaban J connectivity index is 1.40. The Kier molecular flexibility index (Phi) is 4.51. The Morgan fingerprint density at radius 2 is 2.11 bits per heavy atom. The number of aromatic amines is 1. The normalized spacial score (nSPS) is 14.9. The van der Waals surface area contributed by atoms with Gasteiger partial charge in [-0.1, -0.05) is 11.6 Å². The molecule has 27 heavy (non-hydrogen) atoms. The van der Waals surface area contributed by atoms with Crippen molar-refractivity contribution < 1.29 is 4.79 Å². The largest absolute Gasteiger partial charge is 0.355 e. The first-order valence-electron chi connectivity index (χ1n) is 9.14. The number of nitriles is 1. The van der Waals surface area contributed by atoms with E-state index in [1.165, 1.54) is 5.56 Å². The molecule has 3 heterocycles. The number of carbonyl (C=O) groups excluding carboxylic acids is 1. The highest BCUT2D eigenvalue weighted by atomic mass is 16.1. The highest BCUT2D eigenvalue weighted by Crippen LogP contribution is 2.22. The van der Waals surface area contributed by atoms with Gasteiger partial charge in [-0.15, -0.1) is 0 Å². The fourth-order valence-corrected chi connectivity index (χ4v) is 3.61. The van der Waals surface area contributed by atoms with Gasteiger partial charge in [0.1, 0.15) is 17.6 Å². The van der Waals surface area contributed by atoms with Gasteiger partial charge in [-0.3, -0.25) is 4.79 Å². The molecule has 6 nitrogen and oxygen atoms in total. The zero-order valence-corrected chi connectivity index (χ0v) is 15.2. The van der Waals surface area contributed by atoms with Crippen LogP contribution in [-0.2, 0) is 0 Å². The van der Waals surface area contributed by atoms with Crippen LogP contribution in [0.5, 0.6) is 0 Å². The van der Waals surface area contributed by atoms with E-state index in [0.717, 1.165) is 42.7 Å². The van der Waals surface area contributed by atoms with E-state index in [0.29, 0.717) is 11.3 Å². The zero-order valence-electron chi connectivity index (χ0n) is 15.2. The van der Waals surface area contributed by atoms with Crippen LogP contribution in [0.15, 0.2) is 42.6 Å². The molecular weight excluding hydrogens is 338 g/mol. The Morgan fingerprint density at radius 3 is 2.89 bits per heavy atom. The van der Waals surface area contributed by atoms with E-state index in [1.54, 1.807) is 18.3 Å². The van der Waals surface area contributed by atoms with Gasteiger partial charge in [-0.2, -0.15) is 5.26 Å². The van der Waals surface area contributed by atoms with Crippen molar-refractivity contribution >= 4 is 22.6 Å². The molecule has 1 aliphatic heterocycles. The summed E-state index contributed by atoms with van der Waals surface area (Å²) in [5.74, 6) is 0.661. The molecule has 1 aliphatic rings. The first-order valence-corrected chi connectivity index (χ1v) is 9.14. The van der Waals surface area contributed by atoms with Crippen molar-refractivity contribution in [3.8, 4) is 6.07 Å². The van der Waals surface area contributed by atoms with E-state index >= 15 is 0 Å². The van der Waals surface area contributed by atoms with Gasteiger partial charge in [0.05, 0.1) is 5.56 Å². The van der Waals surface area contributed by atoms with Crippen molar-refractivity contribution in [2.75, 3.05) is 18.0 Å². The van der Waals surface area contributed by atoms with Gasteiger partial charge < -0.3 is 15.2 Å². The molecule has 1 saturated heterocycles. The number of hydrogen-bond acceptors (Lipinski definition) is 4. The number of fused-ring (bicyclic) bond motifs is 1. The van der Waals surface area contributed by atoms with Crippen LogP contribution in [0.25, 0.3) is 10.9 Å². The molecule has 0 saturated carbocycles. The smallest absolute Gasteiger partial charge is 0.267 e. The van der Waals surface area contributed by atoms with E-state index in [2.05, 4.69) is 32.3 Å². The van der Waals surface area contributed by atoms with Gasteiger partial charge in [0.2, 0.25) is 0 Å². The van der Waals surface area contributed by atoms with E-state index in [4.69, 9.17) is 0 Å². The number of nitrogens with zero attached hydrogens (tertiary/aromatic N) is 3. The van der Waals surface area contributed by atoms with Crippen LogP contribution in [0.2, 0.25) is 0 Å². The van der Waals surface area contributed by atoms with Crippen LogP contribution in [-0.4, -0.2) is 35.0 Å². The number of anilines is 1. The maximum absolute atomic E-state index is 12.6. The molecule has 3 aromatic rings. The third-order valence-corrected chi connectivity index (χ3v) is 5.06. The number of aromatic nitrogens is 2. The molecule has 0 bridgehead atoms. The van der Waals surface area contributed by atoms with Crippen molar-refractivity contribution in [2.24, 2.45) is 0 Å². The number of piperidine rings is 1. The average molecular weight is 359 g/mol. The second-order valence-corrected chi connectivity index (χ2v) is 6.99. The number of amides is 1. The minimum atomic E-state index is -0.0714. The fraction of sp³-hybridized carbons (Fsp3) is 0.286. The maximum atomic E-state index is 12.6. The van der Waals surface area contributed by atoms with Crippen molar-refractivity contribution in [3.05, 3.63) is 59.4 Å². The van der Waals surface area contributed by atoms with E-state index in [1.807, 2.05) is 25.1 Å². The van der Waals surface area contributed by atoms with Crippen molar-refractivity contribution in [2.45, 2.75) is 25.8 Å². The molecule has 1 fully saturated rings. The fourth-order valence-electron chi connectivity index (χ4n) is 3.61. The van der Waals surface area contributed by atoms with Crippen LogP contribution in [0.1, 0.15) is 34.5 Å². The molecule has 0 atom stereocenters. The lowest BCUT2D eigenvalue weighted by molar-refractivity contribution is 0.0927. The minimum absolute atomic E-state index is 0.0714. The Bertz CT molecular complexity index is 1020. The van der Waals surface area contributed by atoms with Gasteiger partial charge in [0, 0.05) is 36.2 Å². The Morgan fingerprint density at radius 1 is 1.30 bits per heavy atom.